The Morgan fingerprint density at radius 1 is 1.26 bits per heavy atom. The fourth-order valence-corrected chi connectivity index (χ4v) is 4.40. The maximum Gasteiger partial charge on any atom is 0.243 e. The highest BCUT2D eigenvalue weighted by molar-refractivity contribution is 7.89. The van der Waals surface area contributed by atoms with E-state index in [2.05, 4.69) is 0 Å². The Kier molecular flexibility index (Phi) is 4.20. The van der Waals surface area contributed by atoms with E-state index in [1.165, 1.54) is 4.31 Å². The molecule has 106 valence electrons. The van der Waals surface area contributed by atoms with Crippen LogP contribution in [0.2, 0.25) is 5.02 Å². The van der Waals surface area contributed by atoms with E-state index >= 15 is 0 Å². The first-order chi connectivity index (χ1) is 8.82. The van der Waals surface area contributed by atoms with Gasteiger partial charge in [-0.15, -0.1) is 0 Å². The van der Waals surface area contributed by atoms with Crippen LogP contribution in [0.25, 0.3) is 0 Å². The van der Waals surface area contributed by atoms with Crippen LogP contribution in [0.3, 0.4) is 0 Å². The number of sulfonamides is 1. The molecule has 1 aromatic rings. The van der Waals surface area contributed by atoms with Crippen molar-refractivity contribution >= 4 is 21.6 Å². The molecule has 1 heterocycles. The standard InChI is InChI=1S/C13H18ClNO3S/c1-9-7-15(8-10(2)18-9)19(16,17)13-6-4-5-12(14)11(13)3/h4-6,9-10H,7-8H2,1-3H3. The second kappa shape index (κ2) is 5.40. The molecule has 1 saturated heterocycles. The minimum Gasteiger partial charge on any atom is -0.373 e. The number of morpholine rings is 1. The Morgan fingerprint density at radius 3 is 2.42 bits per heavy atom. The second-order valence-corrected chi connectivity index (χ2v) is 7.26. The lowest BCUT2D eigenvalue weighted by molar-refractivity contribution is -0.0440. The molecule has 0 aromatic heterocycles. The van der Waals surface area contributed by atoms with Crippen LogP contribution in [0.4, 0.5) is 0 Å². The SMILES string of the molecule is Cc1c(Cl)cccc1S(=O)(=O)N1CC(C)OC(C)C1. The summed E-state index contributed by atoms with van der Waals surface area (Å²) < 4.78 is 32.4. The number of hydrogen-bond donors (Lipinski definition) is 0. The topological polar surface area (TPSA) is 46.6 Å². The number of benzene rings is 1. The minimum absolute atomic E-state index is 0.0991. The van der Waals surface area contributed by atoms with Crippen LogP contribution in [0.1, 0.15) is 19.4 Å². The first kappa shape index (κ1) is 14.8. The zero-order valence-electron chi connectivity index (χ0n) is 11.3. The van der Waals surface area contributed by atoms with Crippen molar-refractivity contribution in [3.05, 3.63) is 28.8 Å². The molecule has 6 heteroatoms. The average molecular weight is 304 g/mol. The van der Waals surface area contributed by atoms with Gasteiger partial charge in [0.2, 0.25) is 10.0 Å². The highest BCUT2D eigenvalue weighted by Crippen LogP contribution is 2.27. The van der Waals surface area contributed by atoms with Crippen molar-refractivity contribution in [2.45, 2.75) is 37.9 Å². The maximum atomic E-state index is 12.7. The quantitative estimate of drug-likeness (QED) is 0.843. The summed E-state index contributed by atoms with van der Waals surface area (Å²) in [6.07, 6.45) is -0.198. The van der Waals surface area contributed by atoms with Crippen LogP contribution >= 0.6 is 11.6 Å². The second-order valence-electron chi connectivity index (χ2n) is 4.94. The van der Waals surface area contributed by atoms with Crippen molar-refractivity contribution in [2.75, 3.05) is 13.1 Å². The molecule has 2 rings (SSSR count). The summed E-state index contributed by atoms with van der Waals surface area (Å²) in [5, 5.41) is 0.468. The molecular weight excluding hydrogens is 286 g/mol. The summed E-state index contributed by atoms with van der Waals surface area (Å²) in [5.41, 5.74) is 0.593. The Balaban J connectivity index is 2.39. The van der Waals surface area contributed by atoms with Gasteiger partial charge in [-0.2, -0.15) is 4.31 Å². The first-order valence-corrected chi connectivity index (χ1v) is 8.05. The molecule has 1 aliphatic rings. The van der Waals surface area contributed by atoms with E-state index in [4.69, 9.17) is 16.3 Å². The summed E-state index contributed by atoms with van der Waals surface area (Å²) in [6, 6.07) is 4.96. The molecule has 0 bridgehead atoms. The van der Waals surface area contributed by atoms with E-state index < -0.39 is 10.0 Å². The van der Waals surface area contributed by atoms with Crippen molar-refractivity contribution in [1.82, 2.24) is 4.31 Å². The van der Waals surface area contributed by atoms with Gasteiger partial charge in [-0.05, 0) is 38.5 Å². The summed E-state index contributed by atoms with van der Waals surface area (Å²) in [6.45, 7) is 6.23. The Morgan fingerprint density at radius 2 is 1.84 bits per heavy atom. The molecule has 0 radical (unpaired) electrons. The fourth-order valence-electron chi connectivity index (χ4n) is 2.33. The molecule has 1 aliphatic heterocycles. The predicted molar refractivity (Wildman–Crippen MR) is 75.0 cm³/mol. The molecule has 0 spiro atoms. The normalized spacial score (nSPS) is 25.5. The molecule has 4 nitrogen and oxygen atoms in total. The Bertz CT molecular complexity index is 563. The van der Waals surface area contributed by atoms with Crippen molar-refractivity contribution in [3.63, 3.8) is 0 Å². The third kappa shape index (κ3) is 2.94. The molecule has 0 saturated carbocycles. The molecule has 2 unspecified atom stereocenters. The molecule has 0 amide bonds. The van der Waals surface area contributed by atoms with Crippen LogP contribution in [0.15, 0.2) is 23.1 Å². The highest BCUT2D eigenvalue weighted by Gasteiger charge is 2.33. The van der Waals surface area contributed by atoms with Gasteiger partial charge < -0.3 is 4.74 Å². The van der Waals surface area contributed by atoms with Gasteiger partial charge in [0.25, 0.3) is 0 Å². The van der Waals surface area contributed by atoms with Crippen LogP contribution in [0.5, 0.6) is 0 Å². The largest absolute Gasteiger partial charge is 0.373 e. The van der Waals surface area contributed by atoms with E-state index in [0.29, 0.717) is 23.7 Å². The summed E-state index contributed by atoms with van der Waals surface area (Å²) in [4.78, 5) is 0.279. The molecule has 0 N–H and O–H groups in total. The number of halogens is 1. The van der Waals surface area contributed by atoms with Gasteiger partial charge in [0, 0.05) is 18.1 Å². The molecule has 1 aromatic carbocycles. The number of hydrogen-bond acceptors (Lipinski definition) is 3. The summed E-state index contributed by atoms with van der Waals surface area (Å²) in [5.74, 6) is 0. The lowest BCUT2D eigenvalue weighted by atomic mass is 10.2. The molecule has 0 aliphatic carbocycles. The molecule has 1 fully saturated rings. The fraction of sp³-hybridized carbons (Fsp3) is 0.538. The predicted octanol–water partition coefficient (Wildman–Crippen LogP) is 2.45. The van der Waals surface area contributed by atoms with Crippen LogP contribution in [-0.4, -0.2) is 38.0 Å². The van der Waals surface area contributed by atoms with E-state index in [9.17, 15) is 8.42 Å². The van der Waals surface area contributed by atoms with E-state index in [1.54, 1.807) is 25.1 Å². The number of ether oxygens (including phenoxy) is 1. The van der Waals surface area contributed by atoms with Gasteiger partial charge in [0.1, 0.15) is 0 Å². The van der Waals surface area contributed by atoms with Gasteiger partial charge in [0.05, 0.1) is 17.1 Å². The summed E-state index contributed by atoms with van der Waals surface area (Å²) in [7, 11) is -3.51. The molecule has 2 atom stereocenters. The Hall–Kier alpha value is -0.620. The van der Waals surface area contributed by atoms with Crippen LogP contribution in [0, 0.1) is 6.92 Å². The van der Waals surface area contributed by atoms with Gasteiger partial charge in [-0.25, -0.2) is 8.42 Å². The highest BCUT2D eigenvalue weighted by atomic mass is 35.5. The van der Waals surface area contributed by atoms with Crippen molar-refractivity contribution in [1.29, 1.82) is 0 Å². The Labute approximate surface area is 119 Å². The minimum atomic E-state index is -3.51. The van der Waals surface area contributed by atoms with Gasteiger partial charge >= 0.3 is 0 Å². The molecular formula is C13H18ClNO3S. The lowest BCUT2D eigenvalue weighted by Crippen LogP contribution is -2.48. The van der Waals surface area contributed by atoms with E-state index in [-0.39, 0.29) is 17.1 Å². The van der Waals surface area contributed by atoms with Crippen LogP contribution < -0.4 is 0 Å². The smallest absolute Gasteiger partial charge is 0.243 e. The first-order valence-electron chi connectivity index (χ1n) is 6.23. The third-order valence-corrected chi connectivity index (χ3v) is 5.61. The zero-order valence-corrected chi connectivity index (χ0v) is 12.8. The number of nitrogens with zero attached hydrogens (tertiary/aromatic N) is 1. The lowest BCUT2D eigenvalue weighted by Gasteiger charge is -2.34. The van der Waals surface area contributed by atoms with Gasteiger partial charge in [-0.3, -0.25) is 0 Å². The van der Waals surface area contributed by atoms with Crippen LogP contribution in [-0.2, 0) is 14.8 Å². The van der Waals surface area contributed by atoms with Crippen molar-refractivity contribution in [2.24, 2.45) is 0 Å². The average Bonchev–Trinajstić information content (AvgIpc) is 2.31. The van der Waals surface area contributed by atoms with Gasteiger partial charge in [0.15, 0.2) is 0 Å². The van der Waals surface area contributed by atoms with Crippen molar-refractivity contribution < 1.29 is 13.2 Å². The van der Waals surface area contributed by atoms with Crippen molar-refractivity contribution in [3.8, 4) is 0 Å². The maximum absolute atomic E-state index is 12.7. The molecule has 19 heavy (non-hydrogen) atoms. The van der Waals surface area contributed by atoms with Gasteiger partial charge in [-0.1, -0.05) is 17.7 Å². The monoisotopic (exact) mass is 303 g/mol. The zero-order chi connectivity index (χ0) is 14.2. The van der Waals surface area contributed by atoms with E-state index in [0.717, 1.165) is 0 Å². The van der Waals surface area contributed by atoms with E-state index in [1.807, 2.05) is 13.8 Å². The summed E-state index contributed by atoms with van der Waals surface area (Å²) >= 11 is 6.01. The number of rotatable bonds is 2. The third-order valence-electron chi connectivity index (χ3n) is 3.22.